The minimum Gasteiger partial charge on any atom is -0.497 e. The second-order valence-corrected chi connectivity index (χ2v) is 5.55. The zero-order valence-corrected chi connectivity index (χ0v) is 14.1. The maximum atomic E-state index is 12.0. The van der Waals surface area contributed by atoms with Crippen molar-refractivity contribution >= 4 is 18.1 Å². The van der Waals surface area contributed by atoms with Crippen LogP contribution in [0.5, 0.6) is 5.75 Å². The van der Waals surface area contributed by atoms with E-state index in [1.54, 1.807) is 25.4 Å². The Hall–Kier alpha value is -2.22. The lowest BCUT2D eigenvalue weighted by Gasteiger charge is -2.12. The minimum absolute atomic E-state index is 0.0884. The Morgan fingerprint density at radius 3 is 2.75 bits per heavy atom. The third kappa shape index (κ3) is 5.45. The van der Waals surface area contributed by atoms with E-state index >= 15 is 0 Å². The highest BCUT2D eigenvalue weighted by Crippen LogP contribution is 2.11. The molecular weight excluding hydrogens is 328 g/mol. The van der Waals surface area contributed by atoms with E-state index in [1.807, 2.05) is 24.3 Å². The van der Waals surface area contributed by atoms with Gasteiger partial charge in [0, 0.05) is 12.7 Å². The molecule has 7 heteroatoms. The van der Waals surface area contributed by atoms with E-state index in [9.17, 15) is 9.90 Å². The molecule has 0 aliphatic heterocycles. The molecule has 128 valence electrons. The highest BCUT2D eigenvalue weighted by atomic mass is 32.1. The number of carbonyl (C=O) groups is 1. The molecule has 1 aromatic heterocycles. The van der Waals surface area contributed by atoms with Gasteiger partial charge >= 0.3 is 0 Å². The van der Waals surface area contributed by atoms with Crippen molar-refractivity contribution in [3.8, 4) is 5.75 Å². The maximum Gasteiger partial charge on any atom is 0.254 e. The van der Waals surface area contributed by atoms with Gasteiger partial charge in [0.05, 0.1) is 32.0 Å². The molecule has 0 unspecified atom stereocenters. The average molecular weight is 348 g/mol. The number of amides is 1. The first-order valence-electron chi connectivity index (χ1n) is 7.45. The van der Waals surface area contributed by atoms with Crippen LogP contribution in [0, 0.1) is 4.64 Å². The van der Waals surface area contributed by atoms with Crippen molar-refractivity contribution < 1.29 is 19.4 Å². The molecule has 0 aliphatic carbocycles. The molecule has 0 saturated carbocycles. The third-order valence-corrected chi connectivity index (χ3v) is 3.64. The molecule has 0 bridgehead atoms. The number of nitrogens with one attached hydrogen (secondary N) is 2. The molecule has 1 atom stereocenters. The zero-order chi connectivity index (χ0) is 17.4. The molecule has 3 N–H and O–H groups in total. The Morgan fingerprint density at radius 1 is 1.33 bits per heavy atom. The number of hydrogen-bond donors (Lipinski definition) is 3. The van der Waals surface area contributed by atoms with Crippen molar-refractivity contribution in [3.63, 3.8) is 0 Å². The highest BCUT2D eigenvalue weighted by Gasteiger charge is 2.10. The van der Waals surface area contributed by atoms with Crippen LogP contribution in [-0.2, 0) is 11.3 Å². The summed E-state index contributed by atoms with van der Waals surface area (Å²) in [5, 5.41) is 12.5. The van der Waals surface area contributed by atoms with Gasteiger partial charge in [0.25, 0.3) is 5.91 Å². The zero-order valence-electron chi connectivity index (χ0n) is 13.3. The van der Waals surface area contributed by atoms with Gasteiger partial charge in [0.15, 0.2) is 0 Å². The lowest BCUT2D eigenvalue weighted by atomic mass is 10.2. The molecule has 0 radical (unpaired) electrons. The Morgan fingerprint density at radius 2 is 2.08 bits per heavy atom. The average Bonchev–Trinajstić information content (AvgIpc) is 2.60. The topological polar surface area (TPSA) is 83.6 Å². The van der Waals surface area contributed by atoms with Crippen LogP contribution in [0.15, 0.2) is 42.6 Å². The molecule has 6 nitrogen and oxygen atoms in total. The van der Waals surface area contributed by atoms with Crippen LogP contribution in [-0.4, -0.2) is 42.4 Å². The molecule has 0 spiro atoms. The second-order valence-electron chi connectivity index (χ2n) is 5.14. The van der Waals surface area contributed by atoms with Crippen molar-refractivity contribution in [2.75, 3.05) is 20.3 Å². The summed E-state index contributed by atoms with van der Waals surface area (Å²) in [6.45, 7) is 0.581. The van der Waals surface area contributed by atoms with Crippen LogP contribution in [0.3, 0.4) is 0 Å². The summed E-state index contributed by atoms with van der Waals surface area (Å²) in [7, 11) is 1.61. The number of aliphatic hydroxyl groups is 1. The first-order chi connectivity index (χ1) is 11.6. The molecule has 2 rings (SSSR count). The van der Waals surface area contributed by atoms with Gasteiger partial charge in [0.2, 0.25) is 0 Å². The normalized spacial score (nSPS) is 11.8. The van der Waals surface area contributed by atoms with E-state index < -0.39 is 6.10 Å². The van der Waals surface area contributed by atoms with E-state index in [2.05, 4.69) is 10.3 Å². The van der Waals surface area contributed by atoms with Gasteiger partial charge in [-0.15, -0.1) is 0 Å². The summed E-state index contributed by atoms with van der Waals surface area (Å²) in [4.78, 5) is 14.8. The predicted octanol–water partition coefficient (Wildman–Crippen LogP) is 2.06. The summed E-state index contributed by atoms with van der Waals surface area (Å²) < 4.78 is 10.9. The number of hydrogen-bond acceptors (Lipinski definition) is 5. The molecule has 0 saturated heterocycles. The fourth-order valence-electron chi connectivity index (χ4n) is 2.00. The summed E-state index contributed by atoms with van der Waals surface area (Å²) in [6, 6.07) is 10.8. The molecular formula is C17H20N2O4S. The van der Waals surface area contributed by atoms with Crippen LogP contribution in [0.2, 0.25) is 0 Å². The Kier molecular flexibility index (Phi) is 6.92. The molecule has 0 fully saturated rings. The summed E-state index contributed by atoms with van der Waals surface area (Å²) >= 11 is 5.04. The highest BCUT2D eigenvalue weighted by molar-refractivity contribution is 7.71. The maximum absolute atomic E-state index is 12.0. The molecule has 1 heterocycles. The molecule has 1 amide bonds. The molecule has 2 aromatic rings. The number of aliphatic hydroxyl groups excluding tert-OH is 1. The van der Waals surface area contributed by atoms with E-state index in [-0.39, 0.29) is 19.1 Å². The quantitative estimate of drug-likeness (QED) is 0.636. The number of aromatic amines is 1. The van der Waals surface area contributed by atoms with Crippen LogP contribution in [0.1, 0.15) is 15.9 Å². The van der Waals surface area contributed by atoms with Crippen LogP contribution >= 0.6 is 12.2 Å². The van der Waals surface area contributed by atoms with Gasteiger partial charge < -0.3 is 24.9 Å². The number of pyridine rings is 1. The molecule has 1 aromatic carbocycles. The number of H-pyrrole nitrogens is 1. The van der Waals surface area contributed by atoms with E-state index in [4.69, 9.17) is 21.7 Å². The van der Waals surface area contributed by atoms with Gasteiger partial charge in [-0.1, -0.05) is 24.4 Å². The SMILES string of the molecule is COc1ccc(COC[C@@H](O)CNC(=O)c2ccc[nH]c2=S)cc1. The van der Waals surface area contributed by atoms with Gasteiger partial charge in [0.1, 0.15) is 10.4 Å². The lowest BCUT2D eigenvalue weighted by molar-refractivity contribution is 0.0285. The largest absolute Gasteiger partial charge is 0.497 e. The second kappa shape index (κ2) is 9.17. The Labute approximate surface area is 145 Å². The monoisotopic (exact) mass is 348 g/mol. The smallest absolute Gasteiger partial charge is 0.254 e. The van der Waals surface area contributed by atoms with Crippen molar-refractivity contribution in [2.45, 2.75) is 12.7 Å². The van der Waals surface area contributed by atoms with E-state index in [1.165, 1.54) is 0 Å². The molecule has 0 aliphatic rings. The summed E-state index contributed by atoms with van der Waals surface area (Å²) in [6.07, 6.45) is 0.856. The van der Waals surface area contributed by atoms with Crippen molar-refractivity contribution in [1.82, 2.24) is 10.3 Å². The van der Waals surface area contributed by atoms with Crippen LogP contribution < -0.4 is 10.1 Å². The number of rotatable bonds is 8. The standard InChI is InChI=1S/C17H20N2O4S/c1-22-14-6-4-12(5-7-14)10-23-11-13(20)9-19-16(21)15-3-2-8-18-17(15)24/h2-8,13,20H,9-11H2,1H3,(H,18,24)(H,19,21)/t13-/m0/s1. The van der Waals surface area contributed by atoms with Gasteiger partial charge in [-0.25, -0.2) is 0 Å². The van der Waals surface area contributed by atoms with Gasteiger partial charge in [-0.3, -0.25) is 4.79 Å². The predicted molar refractivity (Wildman–Crippen MR) is 92.6 cm³/mol. The first kappa shape index (κ1) is 18.1. The fraction of sp³-hybridized carbons (Fsp3) is 0.294. The Balaban J connectivity index is 1.71. The summed E-state index contributed by atoms with van der Waals surface area (Å²) in [5.41, 5.74) is 1.35. The number of carbonyl (C=O) groups excluding carboxylic acids is 1. The number of ether oxygens (including phenoxy) is 2. The molecule has 24 heavy (non-hydrogen) atoms. The fourth-order valence-corrected chi connectivity index (χ4v) is 2.23. The lowest BCUT2D eigenvalue weighted by Crippen LogP contribution is -2.34. The van der Waals surface area contributed by atoms with Crippen molar-refractivity contribution in [1.29, 1.82) is 0 Å². The minimum atomic E-state index is -0.798. The van der Waals surface area contributed by atoms with E-state index in [0.29, 0.717) is 16.8 Å². The Bertz CT molecular complexity index is 715. The first-order valence-corrected chi connectivity index (χ1v) is 7.85. The van der Waals surface area contributed by atoms with Crippen LogP contribution in [0.4, 0.5) is 0 Å². The number of methoxy groups -OCH3 is 1. The van der Waals surface area contributed by atoms with Gasteiger partial charge in [-0.05, 0) is 29.8 Å². The number of aromatic nitrogens is 1. The van der Waals surface area contributed by atoms with Crippen LogP contribution in [0.25, 0.3) is 0 Å². The van der Waals surface area contributed by atoms with Crippen molar-refractivity contribution in [3.05, 3.63) is 58.4 Å². The van der Waals surface area contributed by atoms with Gasteiger partial charge in [-0.2, -0.15) is 0 Å². The van der Waals surface area contributed by atoms with Crippen molar-refractivity contribution in [2.24, 2.45) is 0 Å². The summed E-state index contributed by atoms with van der Waals surface area (Å²) in [5.74, 6) is 0.451. The van der Waals surface area contributed by atoms with E-state index in [0.717, 1.165) is 11.3 Å². The number of benzene rings is 1. The third-order valence-electron chi connectivity index (χ3n) is 3.30.